The first kappa shape index (κ1) is 23.4. The van der Waals surface area contributed by atoms with E-state index < -0.39 is 26.3 Å². The summed E-state index contributed by atoms with van der Waals surface area (Å²) in [7, 11) is -2.28. The number of nitrogens with one attached hydrogen (secondary N) is 1. The van der Waals surface area contributed by atoms with Crippen molar-refractivity contribution in [2.75, 3.05) is 12.4 Å². The van der Waals surface area contributed by atoms with Gasteiger partial charge in [-0.3, -0.25) is 4.79 Å². The smallest absolute Gasteiger partial charge is 0.363 e. The number of ether oxygens (including phenoxy) is 1. The number of esters is 1. The number of cyclic esters (lactones) is 1. The van der Waals surface area contributed by atoms with Crippen molar-refractivity contribution in [1.82, 2.24) is 5.32 Å². The van der Waals surface area contributed by atoms with Crippen molar-refractivity contribution in [2.45, 2.75) is 57.1 Å². The van der Waals surface area contributed by atoms with Crippen LogP contribution in [0.3, 0.4) is 0 Å². The van der Waals surface area contributed by atoms with Crippen molar-refractivity contribution in [2.24, 2.45) is 0 Å². The van der Waals surface area contributed by atoms with E-state index in [4.69, 9.17) is 14.2 Å². The average molecular weight is 440 g/mol. The van der Waals surface area contributed by atoms with Crippen molar-refractivity contribution in [3.63, 3.8) is 0 Å². The molecule has 1 unspecified atom stereocenters. The molecule has 0 spiro atoms. The number of benzene rings is 1. The van der Waals surface area contributed by atoms with E-state index in [0.29, 0.717) is 17.1 Å². The molecule has 1 aromatic rings. The second kappa shape index (κ2) is 9.77. The zero-order chi connectivity index (χ0) is 21.7. The summed E-state index contributed by atoms with van der Waals surface area (Å²) in [5.41, 5.74) is 1.29. The Balaban J connectivity index is 2.09. The lowest BCUT2D eigenvalue weighted by Gasteiger charge is -2.33. The third-order valence-electron chi connectivity index (χ3n) is 5.10. The number of carbonyl (C=O) groups is 3. The molecule has 0 radical (unpaired) electrons. The lowest BCUT2D eigenvalue weighted by Crippen LogP contribution is -2.47. The molecule has 1 amide bonds. The summed E-state index contributed by atoms with van der Waals surface area (Å²) >= 11 is 1.42. The Bertz CT molecular complexity index is 762. The molecule has 29 heavy (non-hydrogen) atoms. The van der Waals surface area contributed by atoms with Crippen molar-refractivity contribution >= 4 is 37.9 Å². The van der Waals surface area contributed by atoms with Gasteiger partial charge in [-0.15, -0.1) is 0 Å². The molecule has 0 bridgehead atoms. The van der Waals surface area contributed by atoms with E-state index in [-0.39, 0.29) is 24.0 Å². The summed E-state index contributed by atoms with van der Waals surface area (Å²) in [6.45, 7) is 10.0. The van der Waals surface area contributed by atoms with Gasteiger partial charge in [-0.25, -0.2) is 14.2 Å². The number of thioether (sulfide) groups is 1. The SMILES string of the molecule is CC(C)(C)[Si](C)(C)OOC(=O)C1CSCc2ccccc2C(=O)OCCC(=O)N1. The van der Waals surface area contributed by atoms with E-state index in [9.17, 15) is 14.4 Å². The minimum absolute atomic E-state index is 0.0363. The highest BCUT2D eigenvalue weighted by atomic mass is 32.2. The number of rotatable bonds is 3. The second-order valence-electron chi connectivity index (χ2n) is 8.42. The van der Waals surface area contributed by atoms with Crippen molar-refractivity contribution in [1.29, 1.82) is 0 Å². The maximum atomic E-state index is 12.6. The first-order valence-corrected chi connectivity index (χ1v) is 13.6. The lowest BCUT2D eigenvalue weighted by molar-refractivity contribution is -0.223. The average Bonchev–Trinajstić information content (AvgIpc) is 2.63. The van der Waals surface area contributed by atoms with Crippen molar-refractivity contribution in [3.05, 3.63) is 35.4 Å². The number of hydrogen-bond acceptors (Lipinski definition) is 7. The molecule has 0 aliphatic carbocycles. The topological polar surface area (TPSA) is 90.9 Å². The third-order valence-corrected chi connectivity index (χ3v) is 10.3. The molecule has 9 heteroatoms. The number of carbonyl (C=O) groups excluding carboxylic acids is 3. The molecular formula is C20H29NO6SSi. The van der Waals surface area contributed by atoms with E-state index >= 15 is 0 Å². The van der Waals surface area contributed by atoms with Crippen LogP contribution in [-0.4, -0.2) is 44.6 Å². The van der Waals surface area contributed by atoms with Gasteiger partial charge in [0.2, 0.25) is 5.91 Å². The van der Waals surface area contributed by atoms with E-state index in [1.54, 1.807) is 12.1 Å². The quantitative estimate of drug-likeness (QED) is 0.334. The minimum atomic E-state index is -2.28. The molecule has 2 rings (SSSR count). The Kier molecular flexibility index (Phi) is 7.90. The first-order chi connectivity index (χ1) is 13.5. The van der Waals surface area contributed by atoms with Gasteiger partial charge >= 0.3 is 11.9 Å². The van der Waals surface area contributed by atoms with Gasteiger partial charge in [0, 0.05) is 11.5 Å². The monoisotopic (exact) mass is 439 g/mol. The molecule has 1 heterocycles. The summed E-state index contributed by atoms with van der Waals surface area (Å²) in [6.07, 6.45) is -0.0363. The van der Waals surface area contributed by atoms with E-state index in [2.05, 4.69) is 5.32 Å². The first-order valence-electron chi connectivity index (χ1n) is 9.53. The van der Waals surface area contributed by atoms with Crippen LogP contribution in [0.5, 0.6) is 0 Å². The molecule has 1 aliphatic rings. The molecule has 1 aliphatic heterocycles. The van der Waals surface area contributed by atoms with Crippen LogP contribution in [0.25, 0.3) is 0 Å². The number of hydrogen-bond donors (Lipinski definition) is 1. The van der Waals surface area contributed by atoms with Crippen molar-refractivity contribution < 1.29 is 28.6 Å². The van der Waals surface area contributed by atoms with E-state index in [0.717, 1.165) is 5.56 Å². The van der Waals surface area contributed by atoms with Crippen LogP contribution >= 0.6 is 11.8 Å². The molecule has 1 N–H and O–H groups in total. The molecule has 1 aromatic carbocycles. The van der Waals surface area contributed by atoms with Crippen LogP contribution in [0, 0.1) is 0 Å². The van der Waals surface area contributed by atoms with E-state index in [1.807, 2.05) is 46.0 Å². The molecule has 0 fully saturated rings. The molecular weight excluding hydrogens is 410 g/mol. The zero-order valence-electron chi connectivity index (χ0n) is 17.6. The van der Waals surface area contributed by atoms with Gasteiger partial charge < -0.3 is 14.9 Å². The predicted octanol–water partition coefficient (Wildman–Crippen LogP) is 3.45. The fourth-order valence-electron chi connectivity index (χ4n) is 2.21. The predicted molar refractivity (Wildman–Crippen MR) is 114 cm³/mol. The van der Waals surface area contributed by atoms with Crippen LogP contribution in [0.4, 0.5) is 0 Å². The van der Waals surface area contributed by atoms with Gasteiger partial charge in [0.05, 0.1) is 12.0 Å². The molecule has 0 aromatic heterocycles. The van der Waals surface area contributed by atoms with Crippen molar-refractivity contribution in [3.8, 4) is 0 Å². The molecule has 0 saturated carbocycles. The largest absolute Gasteiger partial charge is 0.462 e. The van der Waals surface area contributed by atoms with Crippen LogP contribution in [0.15, 0.2) is 24.3 Å². The van der Waals surface area contributed by atoms with Crippen LogP contribution < -0.4 is 5.32 Å². The standard InChI is InChI=1S/C20H29NO6SSi/c1-20(2,3)29(4,5)27-26-19(24)16-13-28-12-14-8-6-7-9-15(14)18(23)25-11-10-17(22)21-16/h6-9,16H,10-13H2,1-5H3,(H,21,22). The van der Waals surface area contributed by atoms with Gasteiger partial charge in [-0.05, 0) is 29.8 Å². The second-order valence-corrected chi connectivity index (χ2v) is 14.1. The summed E-state index contributed by atoms with van der Waals surface area (Å²) in [6, 6.07) is 6.31. The number of fused-ring (bicyclic) bond motifs is 1. The Morgan fingerprint density at radius 1 is 1.24 bits per heavy atom. The fourth-order valence-corrected chi connectivity index (χ4v) is 3.79. The third kappa shape index (κ3) is 6.58. The maximum absolute atomic E-state index is 12.6. The minimum Gasteiger partial charge on any atom is -0.462 e. The van der Waals surface area contributed by atoms with Gasteiger partial charge in [-0.2, -0.15) is 11.8 Å². The molecule has 1 atom stereocenters. The molecule has 0 saturated heterocycles. The molecule has 7 nitrogen and oxygen atoms in total. The summed E-state index contributed by atoms with van der Waals surface area (Å²) < 4.78 is 10.7. The summed E-state index contributed by atoms with van der Waals surface area (Å²) in [5, 5.41) is 2.54. The Morgan fingerprint density at radius 2 is 1.93 bits per heavy atom. The highest BCUT2D eigenvalue weighted by Crippen LogP contribution is 2.36. The fraction of sp³-hybridized carbons (Fsp3) is 0.550. The van der Waals surface area contributed by atoms with E-state index in [1.165, 1.54) is 11.8 Å². The highest BCUT2D eigenvalue weighted by Gasteiger charge is 2.41. The zero-order valence-corrected chi connectivity index (χ0v) is 19.4. The Labute approximate surface area is 176 Å². The summed E-state index contributed by atoms with van der Waals surface area (Å²) in [5.74, 6) is -0.670. The Hall–Kier alpha value is -1.84. The summed E-state index contributed by atoms with van der Waals surface area (Å²) in [4.78, 5) is 42.1. The Morgan fingerprint density at radius 3 is 2.62 bits per heavy atom. The number of amides is 1. The van der Waals surface area contributed by atoms with Gasteiger partial charge in [0.25, 0.3) is 8.32 Å². The van der Waals surface area contributed by atoms with Gasteiger partial charge in [0.15, 0.2) is 0 Å². The van der Waals surface area contributed by atoms with Crippen LogP contribution in [0.2, 0.25) is 18.1 Å². The van der Waals surface area contributed by atoms with Crippen LogP contribution in [-0.2, 0) is 29.5 Å². The normalized spacial score (nSPS) is 19.1. The maximum Gasteiger partial charge on any atom is 0.363 e. The highest BCUT2D eigenvalue weighted by molar-refractivity contribution is 7.98. The molecule has 160 valence electrons. The van der Waals surface area contributed by atoms with Crippen LogP contribution in [0.1, 0.15) is 43.1 Å². The lowest BCUT2D eigenvalue weighted by atomic mass is 10.1. The van der Waals surface area contributed by atoms with Gasteiger partial charge in [-0.1, -0.05) is 39.0 Å². The van der Waals surface area contributed by atoms with Gasteiger partial charge in [0.1, 0.15) is 12.6 Å².